The molecular formula is C15H21Cl2N5O. The van der Waals surface area contributed by atoms with E-state index in [1.807, 2.05) is 4.90 Å². The predicted molar refractivity (Wildman–Crippen MR) is 93.6 cm³/mol. The fraction of sp³-hybridized carbons (Fsp3) is 0.400. The number of pyridine rings is 1. The van der Waals surface area contributed by atoms with Crippen LogP contribution in [0, 0.1) is 0 Å². The Kier molecular flexibility index (Phi) is 7.48. The molecule has 0 bridgehead atoms. The molecule has 23 heavy (non-hydrogen) atoms. The first-order valence-electron chi connectivity index (χ1n) is 7.25. The molecule has 2 aromatic rings. The zero-order valence-electron chi connectivity index (χ0n) is 12.7. The first-order chi connectivity index (χ1) is 10.3. The maximum atomic E-state index is 12.7. The maximum Gasteiger partial charge on any atom is 0.254 e. The Bertz CT molecular complexity index is 620. The third-order valence-electron chi connectivity index (χ3n) is 3.92. The quantitative estimate of drug-likeness (QED) is 0.911. The summed E-state index contributed by atoms with van der Waals surface area (Å²) in [6, 6.07) is 3.70. The van der Waals surface area contributed by atoms with Gasteiger partial charge in [0.25, 0.3) is 5.91 Å². The standard InChI is InChI=1S/C15H19N5O.2ClH/c16-10-13-3-1-2-7-20(13)15(21)12-4-5-18-14(9-12)19-8-6-17-11-19;;/h4-6,8-9,11,13H,1-3,7,10,16H2;2*1H. The number of amides is 1. The highest BCUT2D eigenvalue weighted by molar-refractivity contribution is 5.94. The average Bonchev–Trinajstić information content (AvgIpc) is 3.09. The first-order valence-corrected chi connectivity index (χ1v) is 7.25. The summed E-state index contributed by atoms with van der Waals surface area (Å²) >= 11 is 0. The number of nitrogens with two attached hydrogens (primary N) is 1. The van der Waals surface area contributed by atoms with Gasteiger partial charge in [-0.05, 0) is 31.4 Å². The zero-order valence-corrected chi connectivity index (χ0v) is 14.3. The fourth-order valence-corrected chi connectivity index (χ4v) is 2.77. The van der Waals surface area contributed by atoms with Crippen molar-refractivity contribution in [1.29, 1.82) is 0 Å². The summed E-state index contributed by atoms with van der Waals surface area (Å²) in [5, 5.41) is 0. The molecule has 1 unspecified atom stereocenters. The van der Waals surface area contributed by atoms with Gasteiger partial charge in [-0.25, -0.2) is 9.97 Å². The number of hydrogen-bond donors (Lipinski definition) is 1. The maximum absolute atomic E-state index is 12.7. The number of aromatic nitrogens is 3. The molecule has 0 saturated carbocycles. The van der Waals surface area contributed by atoms with Crippen molar-refractivity contribution in [3.05, 3.63) is 42.6 Å². The molecule has 1 aliphatic heterocycles. The van der Waals surface area contributed by atoms with Crippen LogP contribution in [0.5, 0.6) is 0 Å². The van der Waals surface area contributed by atoms with Crippen molar-refractivity contribution in [2.24, 2.45) is 5.73 Å². The minimum absolute atomic E-state index is 0. The zero-order chi connectivity index (χ0) is 14.7. The van der Waals surface area contributed by atoms with Crippen molar-refractivity contribution in [3.8, 4) is 5.82 Å². The van der Waals surface area contributed by atoms with E-state index in [9.17, 15) is 4.79 Å². The Hall–Kier alpha value is -1.63. The lowest BCUT2D eigenvalue weighted by atomic mass is 10.0. The van der Waals surface area contributed by atoms with E-state index in [1.165, 1.54) is 0 Å². The predicted octanol–water partition coefficient (Wildman–Crippen LogP) is 2.06. The Morgan fingerprint density at radius 1 is 1.30 bits per heavy atom. The van der Waals surface area contributed by atoms with E-state index in [0.717, 1.165) is 25.8 Å². The van der Waals surface area contributed by atoms with Crippen molar-refractivity contribution in [3.63, 3.8) is 0 Å². The SMILES string of the molecule is Cl.Cl.NCC1CCCCN1C(=O)c1ccnc(-n2ccnc2)c1. The van der Waals surface area contributed by atoms with Crippen LogP contribution in [-0.2, 0) is 0 Å². The minimum Gasteiger partial charge on any atom is -0.334 e. The number of carbonyl (C=O) groups is 1. The van der Waals surface area contributed by atoms with E-state index >= 15 is 0 Å². The minimum atomic E-state index is 0. The summed E-state index contributed by atoms with van der Waals surface area (Å²) in [5.41, 5.74) is 6.45. The van der Waals surface area contributed by atoms with Gasteiger partial charge in [-0.15, -0.1) is 24.8 Å². The van der Waals surface area contributed by atoms with Gasteiger partial charge < -0.3 is 10.6 Å². The molecule has 1 amide bonds. The van der Waals surface area contributed by atoms with Crippen LogP contribution in [0.3, 0.4) is 0 Å². The third kappa shape index (κ3) is 4.22. The van der Waals surface area contributed by atoms with E-state index in [-0.39, 0.29) is 36.8 Å². The van der Waals surface area contributed by atoms with Crippen LogP contribution < -0.4 is 5.73 Å². The topological polar surface area (TPSA) is 77.0 Å². The summed E-state index contributed by atoms with van der Waals surface area (Å²) in [6.07, 6.45) is 9.99. The monoisotopic (exact) mass is 357 g/mol. The number of hydrogen-bond acceptors (Lipinski definition) is 4. The van der Waals surface area contributed by atoms with Crippen LogP contribution >= 0.6 is 24.8 Å². The highest BCUT2D eigenvalue weighted by Gasteiger charge is 2.26. The van der Waals surface area contributed by atoms with Gasteiger partial charge in [-0.2, -0.15) is 0 Å². The highest BCUT2D eigenvalue weighted by Crippen LogP contribution is 2.19. The molecule has 3 heterocycles. The summed E-state index contributed by atoms with van der Waals surface area (Å²) in [4.78, 5) is 22.9. The molecule has 126 valence electrons. The molecule has 8 heteroatoms. The summed E-state index contributed by atoms with van der Waals surface area (Å²) < 4.78 is 1.79. The van der Waals surface area contributed by atoms with Gasteiger partial charge in [-0.1, -0.05) is 0 Å². The van der Waals surface area contributed by atoms with E-state index < -0.39 is 0 Å². The second-order valence-corrected chi connectivity index (χ2v) is 5.26. The van der Waals surface area contributed by atoms with Gasteiger partial charge in [0.1, 0.15) is 12.1 Å². The third-order valence-corrected chi connectivity index (χ3v) is 3.92. The van der Waals surface area contributed by atoms with Gasteiger partial charge in [0, 0.05) is 43.3 Å². The molecular weight excluding hydrogens is 337 g/mol. The smallest absolute Gasteiger partial charge is 0.254 e. The van der Waals surface area contributed by atoms with Gasteiger partial charge >= 0.3 is 0 Å². The van der Waals surface area contributed by atoms with Gasteiger partial charge in [0.2, 0.25) is 0 Å². The lowest BCUT2D eigenvalue weighted by molar-refractivity contribution is 0.0623. The Morgan fingerprint density at radius 3 is 2.83 bits per heavy atom. The van der Waals surface area contributed by atoms with Crippen molar-refractivity contribution in [2.75, 3.05) is 13.1 Å². The number of nitrogens with zero attached hydrogens (tertiary/aromatic N) is 4. The lowest BCUT2D eigenvalue weighted by Crippen LogP contribution is -2.47. The fourth-order valence-electron chi connectivity index (χ4n) is 2.77. The van der Waals surface area contributed by atoms with Crippen molar-refractivity contribution in [1.82, 2.24) is 19.4 Å². The summed E-state index contributed by atoms with van der Waals surface area (Å²) in [5.74, 6) is 0.730. The number of imidazole rings is 1. The van der Waals surface area contributed by atoms with Crippen molar-refractivity contribution >= 4 is 30.7 Å². The average molecular weight is 358 g/mol. The molecule has 6 nitrogen and oxygen atoms in total. The van der Waals surface area contributed by atoms with Crippen LogP contribution in [0.4, 0.5) is 0 Å². The number of rotatable bonds is 3. The highest BCUT2D eigenvalue weighted by atomic mass is 35.5. The van der Waals surface area contributed by atoms with Gasteiger partial charge in [0.15, 0.2) is 0 Å². The van der Waals surface area contributed by atoms with Crippen molar-refractivity contribution < 1.29 is 4.79 Å². The summed E-state index contributed by atoms with van der Waals surface area (Å²) in [6.45, 7) is 1.30. The molecule has 1 atom stereocenters. The van der Waals surface area contributed by atoms with Gasteiger partial charge in [0.05, 0.1) is 0 Å². The molecule has 0 aliphatic carbocycles. The molecule has 2 N–H and O–H groups in total. The van der Waals surface area contributed by atoms with E-state index in [0.29, 0.717) is 17.9 Å². The molecule has 1 saturated heterocycles. The molecule has 0 aromatic carbocycles. The van der Waals surface area contributed by atoms with E-state index in [4.69, 9.17) is 5.73 Å². The van der Waals surface area contributed by atoms with Crippen LogP contribution in [0.25, 0.3) is 5.82 Å². The normalized spacial score (nSPS) is 17.1. The second kappa shape index (κ2) is 8.86. The van der Waals surface area contributed by atoms with Crippen LogP contribution in [-0.4, -0.2) is 44.5 Å². The molecule has 2 aromatic heterocycles. The van der Waals surface area contributed by atoms with Crippen LogP contribution in [0.1, 0.15) is 29.6 Å². The van der Waals surface area contributed by atoms with Crippen molar-refractivity contribution in [2.45, 2.75) is 25.3 Å². The molecule has 0 spiro atoms. The number of carbonyl (C=O) groups excluding carboxylic acids is 1. The van der Waals surface area contributed by atoms with E-state index in [2.05, 4.69) is 9.97 Å². The number of likely N-dealkylation sites (tertiary alicyclic amines) is 1. The van der Waals surface area contributed by atoms with Crippen LogP contribution in [0.2, 0.25) is 0 Å². The molecule has 1 aliphatic rings. The Morgan fingerprint density at radius 2 is 2.13 bits per heavy atom. The number of halogens is 2. The Labute approximate surface area is 147 Å². The molecule has 3 rings (SSSR count). The second-order valence-electron chi connectivity index (χ2n) is 5.26. The molecule has 0 radical (unpaired) electrons. The summed E-state index contributed by atoms with van der Waals surface area (Å²) in [7, 11) is 0. The number of piperidine rings is 1. The van der Waals surface area contributed by atoms with E-state index in [1.54, 1.807) is 41.6 Å². The van der Waals surface area contributed by atoms with Crippen LogP contribution in [0.15, 0.2) is 37.1 Å². The Balaban J connectivity index is 0.00000132. The largest absolute Gasteiger partial charge is 0.334 e. The molecule has 1 fully saturated rings. The first kappa shape index (κ1) is 19.4. The lowest BCUT2D eigenvalue weighted by Gasteiger charge is -2.35. The van der Waals surface area contributed by atoms with Gasteiger partial charge in [-0.3, -0.25) is 9.36 Å².